The van der Waals surface area contributed by atoms with Gasteiger partial charge in [0.1, 0.15) is 18.3 Å². The number of aromatic nitrogens is 2. The Labute approximate surface area is 150 Å². The number of aliphatic hydroxyl groups is 1. The molecule has 0 aliphatic carbocycles. The summed E-state index contributed by atoms with van der Waals surface area (Å²) in [6.07, 6.45) is -0.262. The summed E-state index contributed by atoms with van der Waals surface area (Å²) in [4.78, 5) is 51.2. The van der Waals surface area contributed by atoms with Crippen LogP contribution in [0.4, 0.5) is 4.39 Å². The summed E-state index contributed by atoms with van der Waals surface area (Å²) in [6, 6.07) is 0. The minimum absolute atomic E-state index is 0.292. The highest BCUT2D eigenvalue weighted by atomic mass is 31.3. The number of hydrogen-bond acceptors (Lipinski definition) is 8. The van der Waals surface area contributed by atoms with Crippen molar-refractivity contribution in [2.24, 2.45) is 0 Å². The first-order chi connectivity index (χ1) is 12.6. The van der Waals surface area contributed by atoms with Gasteiger partial charge in [-0.05, 0) is 0 Å². The van der Waals surface area contributed by atoms with Crippen LogP contribution in [-0.4, -0.2) is 47.9 Å². The molecule has 4 atom stereocenters. The molecule has 1 saturated heterocycles. The van der Waals surface area contributed by atoms with Crippen LogP contribution >= 0.6 is 15.6 Å². The predicted molar refractivity (Wildman–Crippen MR) is 82.7 cm³/mol. The van der Waals surface area contributed by atoms with E-state index in [1.807, 2.05) is 5.92 Å². The van der Waals surface area contributed by atoms with Crippen LogP contribution in [0.3, 0.4) is 0 Å². The number of aromatic amines is 1. The molecule has 0 radical (unpaired) electrons. The number of phosphoric acid groups is 2. The standard InChI is InChI=1S/C11H13FN2O11P2/c1-2-6-4-14(10(17)13-8(6)16)9-7(15)3-11(12,24-9)5-23-27(21,22)25-26(18,19)20/h1,4,7,9,15H,3,5H2,(H,21,22)(H,13,16,17)(H2,18,19,20)/t7-,9-,11+/m1/s1/i9D. The number of ether oxygens (including phenoxy) is 1. The predicted octanol–water partition coefficient (Wildman–Crippen LogP) is -1.31. The minimum Gasteiger partial charge on any atom is -0.388 e. The number of phosphoric ester groups is 1. The zero-order valence-electron chi connectivity index (χ0n) is 14.0. The second kappa shape index (κ2) is 7.40. The van der Waals surface area contributed by atoms with E-state index in [2.05, 4.69) is 8.83 Å². The monoisotopic (exact) mass is 431 g/mol. The first-order valence-electron chi connectivity index (χ1n) is 7.25. The lowest BCUT2D eigenvalue weighted by Crippen LogP contribution is -2.37. The van der Waals surface area contributed by atoms with E-state index in [9.17, 15) is 28.2 Å². The fourth-order valence-corrected chi connectivity index (χ4v) is 3.66. The van der Waals surface area contributed by atoms with Crippen LogP contribution in [0.2, 0.25) is 0 Å². The second-order valence-corrected chi connectivity index (χ2v) is 8.00. The first kappa shape index (κ1) is 20.1. The normalized spacial score (nSPS) is 31.1. The Kier molecular flexibility index (Phi) is 5.51. The molecule has 2 heterocycles. The number of aliphatic hydroxyl groups excluding tert-OH is 1. The Morgan fingerprint density at radius 1 is 1.52 bits per heavy atom. The summed E-state index contributed by atoms with van der Waals surface area (Å²) in [6.45, 7) is -1.52. The lowest BCUT2D eigenvalue weighted by Gasteiger charge is -2.22. The smallest absolute Gasteiger partial charge is 0.388 e. The van der Waals surface area contributed by atoms with E-state index in [0.717, 1.165) is 0 Å². The van der Waals surface area contributed by atoms with Gasteiger partial charge < -0.3 is 24.5 Å². The zero-order chi connectivity index (χ0) is 21.5. The van der Waals surface area contributed by atoms with Gasteiger partial charge in [0.25, 0.3) is 5.56 Å². The molecular weight excluding hydrogens is 417 g/mol. The van der Waals surface area contributed by atoms with Crippen LogP contribution in [0.15, 0.2) is 15.8 Å². The first-order valence-corrected chi connectivity index (χ1v) is 9.78. The fraction of sp³-hybridized carbons (Fsp3) is 0.455. The summed E-state index contributed by atoms with van der Waals surface area (Å²) in [7, 11) is -10.9. The van der Waals surface area contributed by atoms with Gasteiger partial charge in [0.2, 0.25) is 5.85 Å². The number of nitrogens with zero attached hydrogens (tertiary/aromatic N) is 1. The molecule has 1 aromatic rings. The van der Waals surface area contributed by atoms with E-state index < -0.39 is 63.6 Å². The number of alkyl halides is 1. The summed E-state index contributed by atoms with van der Waals surface area (Å²) in [5.41, 5.74) is -2.70. The molecule has 16 heteroatoms. The molecule has 1 aliphatic rings. The van der Waals surface area contributed by atoms with Crippen molar-refractivity contribution in [1.29, 1.82) is 0 Å². The third-order valence-corrected chi connectivity index (χ3v) is 5.19. The van der Waals surface area contributed by atoms with Gasteiger partial charge >= 0.3 is 21.3 Å². The van der Waals surface area contributed by atoms with E-state index in [-0.39, 0.29) is 0 Å². The largest absolute Gasteiger partial charge is 0.481 e. The van der Waals surface area contributed by atoms with Crippen molar-refractivity contribution < 1.29 is 48.2 Å². The van der Waals surface area contributed by atoms with Crippen molar-refractivity contribution in [3.05, 3.63) is 32.6 Å². The van der Waals surface area contributed by atoms with Crippen molar-refractivity contribution in [3.63, 3.8) is 0 Å². The van der Waals surface area contributed by atoms with Gasteiger partial charge in [-0.2, -0.15) is 4.31 Å². The van der Waals surface area contributed by atoms with Gasteiger partial charge in [-0.15, -0.1) is 6.42 Å². The van der Waals surface area contributed by atoms with Crippen molar-refractivity contribution >= 4 is 15.6 Å². The highest BCUT2D eigenvalue weighted by Crippen LogP contribution is 2.58. The Bertz CT molecular complexity index is 1030. The molecule has 0 amide bonds. The third-order valence-electron chi connectivity index (χ3n) is 3.06. The van der Waals surface area contributed by atoms with Crippen molar-refractivity contribution in [2.75, 3.05) is 6.61 Å². The van der Waals surface area contributed by atoms with Crippen LogP contribution in [0, 0.1) is 12.3 Å². The van der Waals surface area contributed by atoms with Gasteiger partial charge in [0, 0.05) is 12.6 Å². The minimum atomic E-state index is -5.46. The Morgan fingerprint density at radius 3 is 2.70 bits per heavy atom. The lowest BCUT2D eigenvalue weighted by atomic mass is 10.2. The van der Waals surface area contributed by atoms with E-state index in [1.54, 1.807) is 4.98 Å². The number of hydrogen-bond donors (Lipinski definition) is 5. The molecule has 27 heavy (non-hydrogen) atoms. The van der Waals surface area contributed by atoms with Crippen LogP contribution in [-0.2, 0) is 22.7 Å². The third kappa shape index (κ3) is 5.43. The van der Waals surface area contributed by atoms with Crippen LogP contribution in [0.5, 0.6) is 0 Å². The molecule has 150 valence electrons. The van der Waals surface area contributed by atoms with E-state index in [4.69, 9.17) is 27.2 Å². The maximum Gasteiger partial charge on any atom is 0.481 e. The summed E-state index contributed by atoms with van der Waals surface area (Å²) >= 11 is 0. The van der Waals surface area contributed by atoms with Crippen molar-refractivity contribution in [1.82, 2.24) is 9.55 Å². The van der Waals surface area contributed by atoms with Crippen molar-refractivity contribution in [2.45, 2.75) is 24.6 Å². The molecule has 5 N–H and O–H groups in total. The Morgan fingerprint density at radius 2 is 2.15 bits per heavy atom. The number of rotatable bonds is 6. The summed E-state index contributed by atoms with van der Waals surface area (Å²) in [5.74, 6) is -1.26. The molecule has 0 saturated carbocycles. The molecule has 0 aromatic carbocycles. The zero-order valence-corrected chi connectivity index (χ0v) is 14.8. The summed E-state index contributed by atoms with van der Waals surface area (Å²) in [5, 5.41) is 10.0. The molecule has 1 aromatic heterocycles. The van der Waals surface area contributed by atoms with Crippen LogP contribution in [0.1, 0.15) is 19.6 Å². The number of nitrogens with one attached hydrogen (secondary N) is 1. The van der Waals surface area contributed by atoms with Gasteiger partial charge in [-0.25, -0.2) is 18.3 Å². The maximum atomic E-state index is 14.8. The van der Waals surface area contributed by atoms with E-state index >= 15 is 0 Å². The highest BCUT2D eigenvalue weighted by Gasteiger charge is 2.50. The Hall–Kier alpha value is -1.65. The Balaban J connectivity index is 2.29. The molecule has 1 aliphatic heterocycles. The maximum absolute atomic E-state index is 14.8. The molecule has 0 bridgehead atoms. The lowest BCUT2D eigenvalue weighted by molar-refractivity contribution is -0.178. The van der Waals surface area contributed by atoms with Crippen molar-refractivity contribution in [3.8, 4) is 12.3 Å². The second-order valence-electron chi connectivity index (χ2n) is 5.17. The molecule has 13 nitrogen and oxygen atoms in total. The molecule has 1 fully saturated rings. The van der Waals surface area contributed by atoms with E-state index in [0.29, 0.717) is 10.8 Å². The number of H-pyrrole nitrogens is 1. The average Bonchev–Trinajstić information content (AvgIpc) is 2.74. The summed E-state index contributed by atoms with van der Waals surface area (Å²) < 4.78 is 57.3. The molecule has 2 rings (SSSR count). The molecule has 1 unspecified atom stereocenters. The SMILES string of the molecule is [2H][C@@]1(n2cc(C#C)c(=O)[nH]c2=O)O[C@](F)(COP(=O)(O)OP(=O)(O)O)C[C@H]1O. The average molecular weight is 431 g/mol. The fourth-order valence-electron chi connectivity index (χ4n) is 2.04. The van der Waals surface area contributed by atoms with Crippen LogP contribution < -0.4 is 11.2 Å². The quantitative estimate of drug-likeness (QED) is 0.265. The van der Waals surface area contributed by atoms with Gasteiger partial charge in [0.15, 0.2) is 6.20 Å². The van der Waals surface area contributed by atoms with Gasteiger partial charge in [-0.3, -0.25) is 18.9 Å². The van der Waals surface area contributed by atoms with Gasteiger partial charge in [0.05, 0.1) is 1.37 Å². The number of terminal acetylenes is 1. The number of halogens is 1. The topological polar surface area (TPSA) is 198 Å². The van der Waals surface area contributed by atoms with E-state index in [1.165, 1.54) is 0 Å². The van der Waals surface area contributed by atoms with Crippen LogP contribution in [0.25, 0.3) is 0 Å². The molecule has 0 spiro atoms. The highest BCUT2D eigenvalue weighted by molar-refractivity contribution is 7.60. The molecular formula is C11H13FN2O11P2. The van der Waals surface area contributed by atoms with Gasteiger partial charge in [-0.1, -0.05) is 5.92 Å².